The second kappa shape index (κ2) is 4.38. The van der Waals surface area contributed by atoms with Crippen molar-refractivity contribution in [2.24, 2.45) is 0 Å². The van der Waals surface area contributed by atoms with Gasteiger partial charge in [0.15, 0.2) is 0 Å². The van der Waals surface area contributed by atoms with E-state index in [1.807, 2.05) is 30.3 Å². The van der Waals surface area contributed by atoms with Crippen molar-refractivity contribution in [3.63, 3.8) is 0 Å². The van der Waals surface area contributed by atoms with Crippen molar-refractivity contribution in [1.82, 2.24) is 15.4 Å². The number of nitrogens with zero attached hydrogens (tertiary/aromatic N) is 3. The molecule has 4 heteroatoms. The second-order valence-corrected chi connectivity index (χ2v) is 4.68. The van der Waals surface area contributed by atoms with Crippen LogP contribution in [0.2, 0.25) is 0 Å². The van der Waals surface area contributed by atoms with Gasteiger partial charge in [0.25, 0.3) is 0 Å². The Morgan fingerprint density at radius 1 is 1.22 bits per heavy atom. The van der Waals surface area contributed by atoms with E-state index in [1.165, 1.54) is 5.56 Å². The van der Waals surface area contributed by atoms with Crippen molar-refractivity contribution >= 4 is 5.82 Å². The minimum Gasteiger partial charge on any atom is -0.295 e. The molecule has 0 saturated carbocycles. The molecule has 2 aromatic rings. The van der Waals surface area contributed by atoms with Gasteiger partial charge in [-0.2, -0.15) is 0 Å². The first-order valence-corrected chi connectivity index (χ1v) is 6.15. The van der Waals surface area contributed by atoms with Crippen LogP contribution in [0.25, 0.3) is 11.3 Å². The van der Waals surface area contributed by atoms with Gasteiger partial charge in [-0.1, -0.05) is 30.3 Å². The molecule has 0 aliphatic carbocycles. The molecule has 4 nitrogen and oxygen atoms in total. The highest BCUT2D eigenvalue weighted by molar-refractivity contribution is 5.69. The molecule has 3 rings (SSSR count). The molecule has 1 aromatic heterocycles. The lowest BCUT2D eigenvalue weighted by atomic mass is 9.99. The number of hydrogen-bond acceptors (Lipinski definition) is 4. The molecule has 0 radical (unpaired) electrons. The van der Waals surface area contributed by atoms with Crippen LogP contribution in [0.3, 0.4) is 0 Å². The Morgan fingerprint density at radius 3 is 2.78 bits per heavy atom. The third-order valence-corrected chi connectivity index (χ3v) is 3.21. The van der Waals surface area contributed by atoms with Crippen LogP contribution >= 0.6 is 0 Å². The standard InChI is InChI=1S/C14H16N4/c1-10-8-12-13(11-6-4-3-5-7-11)15-9-16-14(12)18(2)17-10/h3-7,9-10,17H,8H2,1-2H3. The highest BCUT2D eigenvalue weighted by atomic mass is 15.5. The van der Waals surface area contributed by atoms with E-state index in [-0.39, 0.29) is 0 Å². The van der Waals surface area contributed by atoms with Crippen LogP contribution in [0.5, 0.6) is 0 Å². The molecule has 18 heavy (non-hydrogen) atoms. The van der Waals surface area contributed by atoms with Gasteiger partial charge in [-0.3, -0.25) is 5.01 Å². The zero-order valence-electron chi connectivity index (χ0n) is 10.6. The van der Waals surface area contributed by atoms with E-state index in [9.17, 15) is 0 Å². The van der Waals surface area contributed by atoms with Crippen molar-refractivity contribution in [2.45, 2.75) is 19.4 Å². The van der Waals surface area contributed by atoms with Crippen LogP contribution in [-0.4, -0.2) is 23.1 Å². The third kappa shape index (κ3) is 1.84. The topological polar surface area (TPSA) is 41.1 Å². The first-order valence-electron chi connectivity index (χ1n) is 6.15. The lowest BCUT2D eigenvalue weighted by molar-refractivity contribution is 0.508. The summed E-state index contributed by atoms with van der Waals surface area (Å²) in [5.41, 5.74) is 6.77. The number of hydrazine groups is 1. The van der Waals surface area contributed by atoms with E-state index in [0.29, 0.717) is 6.04 Å². The predicted molar refractivity (Wildman–Crippen MR) is 72.2 cm³/mol. The van der Waals surface area contributed by atoms with E-state index in [0.717, 1.165) is 23.5 Å². The minimum absolute atomic E-state index is 0.399. The number of rotatable bonds is 1. The fourth-order valence-electron chi connectivity index (χ4n) is 2.47. The predicted octanol–water partition coefficient (Wildman–Crippen LogP) is 2.03. The maximum Gasteiger partial charge on any atom is 0.149 e. The molecule has 1 atom stereocenters. The quantitative estimate of drug-likeness (QED) is 0.828. The highest BCUT2D eigenvalue weighted by Gasteiger charge is 2.23. The molecule has 1 aliphatic heterocycles. The van der Waals surface area contributed by atoms with Gasteiger partial charge in [0.05, 0.1) is 5.69 Å². The van der Waals surface area contributed by atoms with E-state index in [4.69, 9.17) is 0 Å². The van der Waals surface area contributed by atoms with Gasteiger partial charge >= 0.3 is 0 Å². The summed E-state index contributed by atoms with van der Waals surface area (Å²) >= 11 is 0. The lowest BCUT2D eigenvalue weighted by Gasteiger charge is -2.32. The summed E-state index contributed by atoms with van der Waals surface area (Å²) in [6, 6.07) is 10.7. The average Bonchev–Trinajstić information content (AvgIpc) is 2.39. The minimum atomic E-state index is 0.399. The summed E-state index contributed by atoms with van der Waals surface area (Å²) in [6.07, 6.45) is 2.58. The van der Waals surface area contributed by atoms with Crippen LogP contribution < -0.4 is 10.4 Å². The Hall–Kier alpha value is -1.94. The molecule has 0 amide bonds. The van der Waals surface area contributed by atoms with Crippen LogP contribution in [0.15, 0.2) is 36.7 Å². The fraction of sp³-hybridized carbons (Fsp3) is 0.286. The number of nitrogens with one attached hydrogen (secondary N) is 1. The van der Waals surface area contributed by atoms with Crippen molar-refractivity contribution in [3.05, 3.63) is 42.2 Å². The summed E-state index contributed by atoms with van der Waals surface area (Å²) in [5.74, 6) is 0.974. The second-order valence-electron chi connectivity index (χ2n) is 4.68. The van der Waals surface area contributed by atoms with Crippen molar-refractivity contribution < 1.29 is 0 Å². The smallest absolute Gasteiger partial charge is 0.149 e. The van der Waals surface area contributed by atoms with Gasteiger partial charge < -0.3 is 0 Å². The molecule has 0 bridgehead atoms. The third-order valence-electron chi connectivity index (χ3n) is 3.21. The van der Waals surface area contributed by atoms with Gasteiger partial charge in [0.1, 0.15) is 12.1 Å². The normalized spacial score (nSPS) is 18.6. The molecule has 0 fully saturated rings. The largest absolute Gasteiger partial charge is 0.295 e. The number of benzene rings is 1. The highest BCUT2D eigenvalue weighted by Crippen LogP contribution is 2.30. The molecular formula is C14H16N4. The lowest BCUT2D eigenvalue weighted by Crippen LogP contribution is -2.46. The molecule has 1 aliphatic rings. The monoisotopic (exact) mass is 240 g/mol. The maximum atomic E-state index is 4.47. The first kappa shape index (κ1) is 11.2. The van der Waals surface area contributed by atoms with E-state index in [1.54, 1.807) is 6.33 Å². The van der Waals surface area contributed by atoms with Crippen molar-refractivity contribution in [1.29, 1.82) is 0 Å². The SMILES string of the molecule is CC1Cc2c(-c3ccccc3)ncnc2N(C)N1. The molecule has 0 saturated heterocycles. The fourth-order valence-corrected chi connectivity index (χ4v) is 2.47. The number of aromatic nitrogens is 2. The molecule has 1 N–H and O–H groups in total. The molecule has 1 aromatic carbocycles. The van der Waals surface area contributed by atoms with Crippen LogP contribution in [-0.2, 0) is 6.42 Å². The number of fused-ring (bicyclic) bond motifs is 1. The van der Waals surface area contributed by atoms with Crippen LogP contribution in [0.1, 0.15) is 12.5 Å². The van der Waals surface area contributed by atoms with E-state index in [2.05, 4.69) is 34.5 Å². The Kier molecular flexibility index (Phi) is 2.72. The number of anilines is 1. The number of hydrogen-bond donors (Lipinski definition) is 1. The summed E-state index contributed by atoms with van der Waals surface area (Å²) in [5, 5.41) is 1.98. The Balaban J connectivity index is 2.15. The zero-order chi connectivity index (χ0) is 12.5. The van der Waals surface area contributed by atoms with E-state index >= 15 is 0 Å². The van der Waals surface area contributed by atoms with Gasteiger partial charge in [0.2, 0.25) is 0 Å². The van der Waals surface area contributed by atoms with Crippen molar-refractivity contribution in [3.8, 4) is 11.3 Å². The van der Waals surface area contributed by atoms with Crippen LogP contribution in [0, 0.1) is 0 Å². The molecular weight excluding hydrogens is 224 g/mol. The molecule has 2 heterocycles. The van der Waals surface area contributed by atoms with Crippen LogP contribution in [0.4, 0.5) is 5.82 Å². The maximum absolute atomic E-state index is 4.47. The molecule has 92 valence electrons. The summed E-state index contributed by atoms with van der Waals surface area (Å²) in [4.78, 5) is 8.84. The summed E-state index contributed by atoms with van der Waals surface area (Å²) in [6.45, 7) is 2.17. The van der Waals surface area contributed by atoms with E-state index < -0.39 is 0 Å². The van der Waals surface area contributed by atoms with Gasteiger partial charge in [-0.05, 0) is 13.3 Å². The average molecular weight is 240 g/mol. The molecule has 1 unspecified atom stereocenters. The van der Waals surface area contributed by atoms with Crippen molar-refractivity contribution in [2.75, 3.05) is 12.1 Å². The first-order chi connectivity index (χ1) is 8.75. The summed E-state index contributed by atoms with van der Waals surface area (Å²) < 4.78 is 0. The summed E-state index contributed by atoms with van der Waals surface area (Å²) in [7, 11) is 2.00. The Bertz CT molecular complexity index is 553. The Labute approximate surface area is 107 Å². The van der Waals surface area contributed by atoms with Gasteiger partial charge in [-0.15, -0.1) is 0 Å². The van der Waals surface area contributed by atoms with Gasteiger partial charge in [-0.25, -0.2) is 15.4 Å². The van der Waals surface area contributed by atoms with Gasteiger partial charge in [0, 0.05) is 24.2 Å². The zero-order valence-corrected chi connectivity index (χ0v) is 10.6. The Morgan fingerprint density at radius 2 is 2.00 bits per heavy atom. The molecule has 0 spiro atoms.